The van der Waals surface area contributed by atoms with E-state index in [0.717, 1.165) is 5.56 Å². The van der Waals surface area contributed by atoms with Gasteiger partial charge < -0.3 is 0 Å². The maximum atomic E-state index is 13.4. The first-order chi connectivity index (χ1) is 8.97. The van der Waals surface area contributed by atoms with E-state index in [1.54, 1.807) is 25.1 Å². The van der Waals surface area contributed by atoms with Crippen LogP contribution < -0.4 is 5.43 Å². The summed E-state index contributed by atoms with van der Waals surface area (Å²) in [5.41, 5.74) is 5.44. The van der Waals surface area contributed by atoms with Crippen LogP contribution in [0.4, 0.5) is 10.1 Å². The third-order valence-electron chi connectivity index (χ3n) is 2.57. The molecule has 0 aliphatic rings. The monoisotopic (exact) mass is 316 g/mol. The van der Waals surface area contributed by atoms with Gasteiger partial charge in [-0.1, -0.05) is 29.3 Å². The predicted octanol–water partition coefficient (Wildman–Crippen LogP) is 5.34. The van der Waals surface area contributed by atoms with Gasteiger partial charge in [-0.3, -0.25) is 5.43 Å². The first kappa shape index (κ1) is 14.3. The number of benzene rings is 1. The number of hydrazone groups is 1. The van der Waals surface area contributed by atoms with Gasteiger partial charge in [0.2, 0.25) is 0 Å². The Morgan fingerprint density at radius 1 is 1.32 bits per heavy atom. The molecule has 0 atom stereocenters. The number of aryl methyl sites for hydroxylation is 1. The normalized spacial score (nSPS) is 11.7. The molecule has 2 aromatic rings. The standard InChI is InChI=1S/C13H11Cl2FN2S/c1-7-3-4-9(5-11(7)16)18-17-8(2)10-6-12(14)19-13(10)15/h3-6,18H,1-2H3/b17-8-. The van der Waals surface area contributed by atoms with E-state index < -0.39 is 0 Å². The fourth-order valence-electron chi connectivity index (χ4n) is 1.46. The zero-order chi connectivity index (χ0) is 14.0. The zero-order valence-corrected chi connectivity index (χ0v) is 12.6. The summed E-state index contributed by atoms with van der Waals surface area (Å²) in [4.78, 5) is 0. The van der Waals surface area contributed by atoms with Crippen LogP contribution in [0.2, 0.25) is 8.67 Å². The van der Waals surface area contributed by atoms with Crippen LogP contribution in [0.15, 0.2) is 29.4 Å². The molecule has 2 nitrogen and oxygen atoms in total. The minimum absolute atomic E-state index is 0.269. The molecule has 100 valence electrons. The maximum absolute atomic E-state index is 13.4. The topological polar surface area (TPSA) is 24.4 Å². The van der Waals surface area contributed by atoms with Gasteiger partial charge in [-0.05, 0) is 37.6 Å². The molecule has 2 rings (SSSR count). The van der Waals surface area contributed by atoms with Crippen LogP contribution in [-0.4, -0.2) is 5.71 Å². The second-order valence-corrected chi connectivity index (χ2v) is 6.30. The Balaban J connectivity index is 2.18. The van der Waals surface area contributed by atoms with Crippen LogP contribution in [0.25, 0.3) is 0 Å². The summed E-state index contributed by atoms with van der Waals surface area (Å²) in [6.07, 6.45) is 0. The smallest absolute Gasteiger partial charge is 0.128 e. The van der Waals surface area contributed by atoms with E-state index in [2.05, 4.69) is 10.5 Å². The highest BCUT2D eigenvalue weighted by atomic mass is 35.5. The Morgan fingerprint density at radius 2 is 2.05 bits per heavy atom. The third kappa shape index (κ3) is 3.47. The molecule has 0 spiro atoms. The Hall–Kier alpha value is -1.10. The van der Waals surface area contributed by atoms with Crippen molar-refractivity contribution in [2.75, 3.05) is 5.43 Å². The Morgan fingerprint density at radius 3 is 2.63 bits per heavy atom. The van der Waals surface area contributed by atoms with Gasteiger partial charge in [0.05, 0.1) is 15.7 Å². The zero-order valence-electron chi connectivity index (χ0n) is 10.3. The van der Waals surface area contributed by atoms with Gasteiger partial charge >= 0.3 is 0 Å². The van der Waals surface area contributed by atoms with E-state index in [0.29, 0.717) is 25.6 Å². The van der Waals surface area contributed by atoms with E-state index in [4.69, 9.17) is 23.2 Å². The summed E-state index contributed by atoms with van der Waals surface area (Å²) in [5.74, 6) is -0.269. The number of hydrogen-bond donors (Lipinski definition) is 1. The molecule has 19 heavy (non-hydrogen) atoms. The molecule has 0 fully saturated rings. The maximum Gasteiger partial charge on any atom is 0.128 e. The average Bonchev–Trinajstić information content (AvgIpc) is 2.70. The highest BCUT2D eigenvalue weighted by molar-refractivity contribution is 7.20. The van der Waals surface area contributed by atoms with Crippen molar-refractivity contribution in [3.05, 3.63) is 49.9 Å². The molecule has 0 radical (unpaired) electrons. The lowest BCUT2D eigenvalue weighted by atomic mass is 10.2. The number of nitrogens with zero attached hydrogens (tertiary/aromatic N) is 1. The van der Waals surface area contributed by atoms with Crippen LogP contribution in [0.3, 0.4) is 0 Å². The summed E-state index contributed by atoms with van der Waals surface area (Å²) in [5, 5.41) is 4.17. The fourth-order valence-corrected chi connectivity index (χ4v) is 3.02. The quantitative estimate of drug-likeness (QED) is 0.600. The van der Waals surface area contributed by atoms with Gasteiger partial charge in [0.1, 0.15) is 10.2 Å². The van der Waals surface area contributed by atoms with Crippen LogP contribution in [0.1, 0.15) is 18.1 Å². The molecule has 0 aliphatic carbocycles. The lowest BCUT2D eigenvalue weighted by Gasteiger charge is -2.04. The molecule has 1 aromatic carbocycles. The molecule has 0 saturated carbocycles. The number of anilines is 1. The predicted molar refractivity (Wildman–Crippen MR) is 81.3 cm³/mol. The van der Waals surface area contributed by atoms with Gasteiger partial charge in [0, 0.05) is 5.56 Å². The second kappa shape index (κ2) is 5.90. The second-order valence-electron chi connectivity index (χ2n) is 4.01. The average molecular weight is 317 g/mol. The van der Waals surface area contributed by atoms with Gasteiger partial charge in [-0.15, -0.1) is 11.3 Å². The largest absolute Gasteiger partial charge is 0.278 e. The Labute approximate surface area is 124 Å². The van der Waals surface area contributed by atoms with Crippen molar-refractivity contribution in [2.45, 2.75) is 13.8 Å². The highest BCUT2D eigenvalue weighted by Crippen LogP contribution is 2.31. The molecular formula is C13H11Cl2FN2S. The van der Waals surface area contributed by atoms with Crippen molar-refractivity contribution < 1.29 is 4.39 Å². The van der Waals surface area contributed by atoms with E-state index in [9.17, 15) is 4.39 Å². The lowest BCUT2D eigenvalue weighted by Crippen LogP contribution is -1.99. The van der Waals surface area contributed by atoms with Crippen molar-refractivity contribution in [3.63, 3.8) is 0 Å². The number of thiophene rings is 1. The third-order valence-corrected chi connectivity index (χ3v) is 4.06. The molecule has 0 unspecified atom stereocenters. The number of nitrogens with one attached hydrogen (secondary N) is 1. The van der Waals surface area contributed by atoms with Gasteiger partial charge in [-0.2, -0.15) is 5.10 Å². The van der Waals surface area contributed by atoms with E-state index in [1.807, 2.05) is 6.92 Å². The number of hydrogen-bond acceptors (Lipinski definition) is 3. The number of halogens is 3. The highest BCUT2D eigenvalue weighted by Gasteiger charge is 2.08. The molecule has 1 N–H and O–H groups in total. The molecule has 6 heteroatoms. The van der Waals surface area contributed by atoms with Crippen LogP contribution in [0.5, 0.6) is 0 Å². The Kier molecular flexibility index (Phi) is 4.45. The molecule has 1 aromatic heterocycles. The van der Waals surface area contributed by atoms with Gasteiger partial charge in [0.15, 0.2) is 0 Å². The Bertz CT molecular complexity index is 638. The molecule has 0 bridgehead atoms. The van der Waals surface area contributed by atoms with E-state index in [-0.39, 0.29) is 5.82 Å². The summed E-state index contributed by atoms with van der Waals surface area (Å²) < 4.78 is 14.6. The van der Waals surface area contributed by atoms with Crippen molar-refractivity contribution in [3.8, 4) is 0 Å². The molecule has 0 aliphatic heterocycles. The molecule has 0 saturated heterocycles. The summed E-state index contributed by atoms with van der Waals surface area (Å²) in [7, 11) is 0. The van der Waals surface area contributed by atoms with Crippen LogP contribution >= 0.6 is 34.5 Å². The van der Waals surface area contributed by atoms with Gasteiger partial charge in [0.25, 0.3) is 0 Å². The summed E-state index contributed by atoms with van der Waals surface area (Å²) in [6.45, 7) is 3.52. The first-order valence-corrected chi connectivity index (χ1v) is 7.06. The van der Waals surface area contributed by atoms with Crippen molar-refractivity contribution in [1.82, 2.24) is 0 Å². The minimum atomic E-state index is -0.269. The van der Waals surface area contributed by atoms with Gasteiger partial charge in [-0.25, -0.2) is 4.39 Å². The molecule has 1 heterocycles. The van der Waals surface area contributed by atoms with Crippen molar-refractivity contribution in [2.24, 2.45) is 5.10 Å². The SMILES string of the molecule is C/C(=N/Nc1ccc(C)c(F)c1)c1cc(Cl)sc1Cl. The minimum Gasteiger partial charge on any atom is -0.278 e. The molecule has 0 amide bonds. The first-order valence-electron chi connectivity index (χ1n) is 5.49. The number of rotatable bonds is 3. The summed E-state index contributed by atoms with van der Waals surface area (Å²) >= 11 is 13.2. The van der Waals surface area contributed by atoms with E-state index >= 15 is 0 Å². The van der Waals surface area contributed by atoms with Crippen molar-refractivity contribution >= 4 is 45.9 Å². The van der Waals surface area contributed by atoms with Crippen LogP contribution in [-0.2, 0) is 0 Å². The summed E-state index contributed by atoms with van der Waals surface area (Å²) in [6, 6.07) is 6.60. The fraction of sp³-hybridized carbons (Fsp3) is 0.154. The van der Waals surface area contributed by atoms with Crippen molar-refractivity contribution in [1.29, 1.82) is 0 Å². The lowest BCUT2D eigenvalue weighted by molar-refractivity contribution is 0.619. The van der Waals surface area contributed by atoms with Crippen LogP contribution in [0, 0.1) is 12.7 Å². The van der Waals surface area contributed by atoms with E-state index in [1.165, 1.54) is 17.4 Å². The molecular weight excluding hydrogens is 306 g/mol.